The molecule has 0 unspecified atom stereocenters. The predicted molar refractivity (Wildman–Crippen MR) is 82.6 cm³/mol. The summed E-state index contributed by atoms with van der Waals surface area (Å²) >= 11 is 0. The Morgan fingerprint density at radius 3 is 2.21 bits per heavy atom. The SMILES string of the molecule is CCN(CCC(=N)N)Cc1ccc(C(C)(C)C)cc1. The van der Waals surface area contributed by atoms with Gasteiger partial charge in [-0.05, 0) is 23.1 Å². The van der Waals surface area contributed by atoms with E-state index >= 15 is 0 Å². The number of nitrogens with one attached hydrogen (secondary N) is 1. The predicted octanol–water partition coefficient (Wildman–Crippen LogP) is 3.13. The van der Waals surface area contributed by atoms with Crippen LogP contribution in [0.3, 0.4) is 0 Å². The molecule has 0 aromatic heterocycles. The highest BCUT2D eigenvalue weighted by Gasteiger charge is 2.13. The van der Waals surface area contributed by atoms with Crippen molar-refractivity contribution >= 4 is 5.84 Å². The Bertz CT molecular complexity index is 401. The van der Waals surface area contributed by atoms with E-state index in [9.17, 15) is 0 Å². The van der Waals surface area contributed by atoms with Gasteiger partial charge in [0.1, 0.15) is 0 Å². The van der Waals surface area contributed by atoms with Gasteiger partial charge in [0.2, 0.25) is 0 Å². The fraction of sp³-hybridized carbons (Fsp3) is 0.562. The molecule has 0 fully saturated rings. The quantitative estimate of drug-likeness (QED) is 0.610. The first kappa shape index (κ1) is 15.7. The van der Waals surface area contributed by atoms with Gasteiger partial charge in [-0.25, -0.2) is 0 Å². The molecule has 0 radical (unpaired) electrons. The monoisotopic (exact) mass is 261 g/mol. The van der Waals surface area contributed by atoms with Gasteiger partial charge < -0.3 is 5.73 Å². The van der Waals surface area contributed by atoms with E-state index in [0.29, 0.717) is 6.42 Å². The first-order valence-corrected chi connectivity index (χ1v) is 6.97. The Hall–Kier alpha value is -1.35. The molecule has 1 aromatic rings. The Labute approximate surface area is 117 Å². The lowest BCUT2D eigenvalue weighted by Crippen LogP contribution is -2.27. The third-order valence-corrected chi connectivity index (χ3v) is 3.37. The Kier molecular flexibility index (Phi) is 5.55. The number of nitrogens with zero attached hydrogens (tertiary/aromatic N) is 1. The summed E-state index contributed by atoms with van der Waals surface area (Å²) in [5.74, 6) is 0.265. The Morgan fingerprint density at radius 2 is 1.79 bits per heavy atom. The molecule has 1 aromatic carbocycles. The summed E-state index contributed by atoms with van der Waals surface area (Å²) in [7, 11) is 0. The van der Waals surface area contributed by atoms with Crippen molar-refractivity contribution in [2.75, 3.05) is 13.1 Å². The molecule has 0 bridgehead atoms. The molecule has 0 aliphatic heterocycles. The molecule has 19 heavy (non-hydrogen) atoms. The standard InChI is InChI=1S/C16H27N3/c1-5-19(11-10-15(17)18)12-13-6-8-14(9-7-13)16(2,3)4/h6-9H,5,10-12H2,1-4H3,(H3,17,18). The van der Waals surface area contributed by atoms with Crippen LogP contribution in [0.5, 0.6) is 0 Å². The third-order valence-electron chi connectivity index (χ3n) is 3.37. The summed E-state index contributed by atoms with van der Waals surface area (Å²) < 4.78 is 0. The van der Waals surface area contributed by atoms with Gasteiger partial charge in [0, 0.05) is 19.5 Å². The van der Waals surface area contributed by atoms with Crippen LogP contribution >= 0.6 is 0 Å². The second-order valence-corrected chi connectivity index (χ2v) is 6.09. The first-order valence-electron chi connectivity index (χ1n) is 6.97. The molecule has 1 rings (SSSR count). The highest BCUT2D eigenvalue weighted by Crippen LogP contribution is 2.22. The van der Waals surface area contributed by atoms with Crippen LogP contribution in [0.15, 0.2) is 24.3 Å². The molecule has 0 aliphatic rings. The normalized spacial score (nSPS) is 11.8. The molecule has 0 spiro atoms. The molecule has 0 amide bonds. The molecule has 0 saturated carbocycles. The van der Waals surface area contributed by atoms with E-state index in [1.54, 1.807) is 0 Å². The van der Waals surface area contributed by atoms with E-state index < -0.39 is 0 Å². The summed E-state index contributed by atoms with van der Waals surface area (Å²) in [6, 6.07) is 8.84. The first-order chi connectivity index (χ1) is 8.82. The van der Waals surface area contributed by atoms with Crippen molar-refractivity contribution in [1.82, 2.24) is 4.90 Å². The van der Waals surface area contributed by atoms with Gasteiger partial charge in [-0.2, -0.15) is 0 Å². The lowest BCUT2D eigenvalue weighted by molar-refractivity contribution is 0.288. The number of benzene rings is 1. The van der Waals surface area contributed by atoms with Crippen molar-refractivity contribution in [1.29, 1.82) is 5.41 Å². The average molecular weight is 261 g/mol. The summed E-state index contributed by atoms with van der Waals surface area (Å²) in [4.78, 5) is 2.31. The summed E-state index contributed by atoms with van der Waals surface area (Å²) in [5.41, 5.74) is 8.30. The largest absolute Gasteiger partial charge is 0.388 e. The van der Waals surface area contributed by atoms with Gasteiger partial charge in [-0.1, -0.05) is 52.0 Å². The average Bonchev–Trinajstić information content (AvgIpc) is 2.33. The van der Waals surface area contributed by atoms with E-state index in [4.69, 9.17) is 11.1 Å². The number of nitrogens with two attached hydrogens (primary N) is 1. The van der Waals surface area contributed by atoms with Gasteiger partial charge in [0.25, 0.3) is 0 Å². The zero-order valence-electron chi connectivity index (χ0n) is 12.7. The number of hydrogen-bond acceptors (Lipinski definition) is 2. The van der Waals surface area contributed by atoms with Gasteiger partial charge in [-0.15, -0.1) is 0 Å². The molecule has 106 valence electrons. The maximum atomic E-state index is 7.29. The van der Waals surface area contributed by atoms with Gasteiger partial charge in [-0.3, -0.25) is 10.3 Å². The highest BCUT2D eigenvalue weighted by molar-refractivity contribution is 5.76. The molecule has 0 saturated heterocycles. The summed E-state index contributed by atoms with van der Waals surface area (Å²) in [6.45, 7) is 11.6. The van der Waals surface area contributed by atoms with E-state index in [0.717, 1.165) is 19.6 Å². The fourth-order valence-corrected chi connectivity index (χ4v) is 2.00. The minimum absolute atomic E-state index is 0.206. The van der Waals surface area contributed by atoms with E-state index in [-0.39, 0.29) is 11.3 Å². The van der Waals surface area contributed by atoms with Crippen molar-refractivity contribution in [3.05, 3.63) is 35.4 Å². The van der Waals surface area contributed by atoms with Crippen LogP contribution < -0.4 is 5.73 Å². The van der Waals surface area contributed by atoms with E-state index in [2.05, 4.69) is 56.9 Å². The third kappa shape index (κ3) is 5.43. The molecule has 3 nitrogen and oxygen atoms in total. The molecule has 0 heterocycles. The zero-order chi connectivity index (χ0) is 14.5. The fourth-order valence-electron chi connectivity index (χ4n) is 2.00. The number of rotatable bonds is 6. The van der Waals surface area contributed by atoms with Crippen molar-refractivity contribution in [2.24, 2.45) is 5.73 Å². The van der Waals surface area contributed by atoms with Crippen molar-refractivity contribution < 1.29 is 0 Å². The van der Waals surface area contributed by atoms with Crippen molar-refractivity contribution in [3.63, 3.8) is 0 Å². The van der Waals surface area contributed by atoms with Gasteiger partial charge in [0.15, 0.2) is 0 Å². The lowest BCUT2D eigenvalue weighted by atomic mass is 9.87. The Morgan fingerprint density at radius 1 is 1.21 bits per heavy atom. The van der Waals surface area contributed by atoms with E-state index in [1.165, 1.54) is 11.1 Å². The maximum absolute atomic E-state index is 7.29. The molecule has 0 atom stereocenters. The lowest BCUT2D eigenvalue weighted by Gasteiger charge is -2.22. The molecular weight excluding hydrogens is 234 g/mol. The summed E-state index contributed by atoms with van der Waals surface area (Å²) in [6.07, 6.45) is 0.647. The summed E-state index contributed by atoms with van der Waals surface area (Å²) in [5, 5.41) is 7.29. The van der Waals surface area contributed by atoms with E-state index in [1.807, 2.05) is 0 Å². The van der Waals surface area contributed by atoms with Crippen LogP contribution in [0.4, 0.5) is 0 Å². The molecule has 3 heteroatoms. The van der Waals surface area contributed by atoms with Crippen LogP contribution in [0.1, 0.15) is 45.2 Å². The van der Waals surface area contributed by atoms with Crippen molar-refractivity contribution in [2.45, 2.75) is 46.1 Å². The smallest absolute Gasteiger partial charge is 0.0918 e. The van der Waals surface area contributed by atoms with Crippen LogP contribution in [-0.4, -0.2) is 23.8 Å². The molecular formula is C16H27N3. The Balaban J connectivity index is 2.63. The number of amidine groups is 1. The van der Waals surface area contributed by atoms with Crippen LogP contribution in [0.25, 0.3) is 0 Å². The van der Waals surface area contributed by atoms with Crippen LogP contribution in [0.2, 0.25) is 0 Å². The zero-order valence-corrected chi connectivity index (χ0v) is 12.7. The molecule has 0 aliphatic carbocycles. The van der Waals surface area contributed by atoms with Gasteiger partial charge in [0.05, 0.1) is 5.84 Å². The minimum Gasteiger partial charge on any atom is -0.388 e. The second-order valence-electron chi connectivity index (χ2n) is 6.09. The highest BCUT2D eigenvalue weighted by atomic mass is 15.1. The molecule has 3 N–H and O–H groups in total. The topological polar surface area (TPSA) is 53.1 Å². The van der Waals surface area contributed by atoms with Crippen LogP contribution in [0, 0.1) is 5.41 Å². The number of hydrogen-bond donors (Lipinski definition) is 2. The maximum Gasteiger partial charge on any atom is 0.0918 e. The minimum atomic E-state index is 0.206. The van der Waals surface area contributed by atoms with Crippen molar-refractivity contribution in [3.8, 4) is 0 Å². The van der Waals surface area contributed by atoms with Gasteiger partial charge >= 0.3 is 0 Å². The van der Waals surface area contributed by atoms with Crippen LogP contribution in [-0.2, 0) is 12.0 Å². The second kappa shape index (κ2) is 6.71.